The molecule has 0 saturated heterocycles. The number of carbonyl (C=O) groups is 1. The van der Waals surface area contributed by atoms with Crippen molar-refractivity contribution >= 4 is 22.5 Å². The van der Waals surface area contributed by atoms with Crippen molar-refractivity contribution in [3.63, 3.8) is 0 Å². The van der Waals surface area contributed by atoms with Crippen molar-refractivity contribution < 1.29 is 19.4 Å². The molecule has 0 atom stereocenters. The van der Waals surface area contributed by atoms with Crippen LogP contribution in [0.2, 0.25) is 0 Å². The van der Waals surface area contributed by atoms with E-state index in [1.807, 2.05) is 41.9 Å². The molecule has 1 amide bonds. The Morgan fingerprint density at radius 3 is 2.72 bits per heavy atom. The van der Waals surface area contributed by atoms with Crippen LogP contribution in [0.25, 0.3) is 27.8 Å². The van der Waals surface area contributed by atoms with E-state index < -0.39 is 5.91 Å². The van der Waals surface area contributed by atoms with Gasteiger partial charge >= 0.3 is 0 Å². The number of fused-ring (bicyclic) bond motifs is 2. The Balaban J connectivity index is 1.43. The van der Waals surface area contributed by atoms with Crippen LogP contribution in [0, 0.1) is 6.92 Å². The molecule has 4 aromatic heterocycles. The van der Waals surface area contributed by atoms with Gasteiger partial charge in [0, 0.05) is 34.8 Å². The third kappa shape index (κ3) is 4.96. The summed E-state index contributed by atoms with van der Waals surface area (Å²) in [4.78, 5) is 22.3. The molecular formula is C29H30N6O4. The van der Waals surface area contributed by atoms with E-state index in [1.165, 1.54) is 0 Å². The number of rotatable bonds is 11. The number of primary amides is 1. The van der Waals surface area contributed by atoms with Gasteiger partial charge < -0.3 is 20.3 Å². The Morgan fingerprint density at radius 2 is 1.95 bits per heavy atom. The van der Waals surface area contributed by atoms with Gasteiger partial charge in [-0.3, -0.25) is 18.9 Å². The molecule has 6 rings (SSSR count). The van der Waals surface area contributed by atoms with Gasteiger partial charge in [-0.05, 0) is 44.0 Å². The maximum atomic E-state index is 12.7. The predicted molar refractivity (Wildman–Crippen MR) is 146 cm³/mol. The number of aromatic nitrogens is 5. The van der Waals surface area contributed by atoms with Gasteiger partial charge in [-0.25, -0.2) is 4.98 Å². The number of aryl methyl sites for hydroxylation is 1. The lowest BCUT2D eigenvalue weighted by atomic mass is 10.0. The van der Waals surface area contributed by atoms with Crippen molar-refractivity contribution in [3.8, 4) is 17.0 Å². The van der Waals surface area contributed by atoms with Gasteiger partial charge in [-0.2, -0.15) is 5.10 Å². The molecule has 0 spiro atoms. The number of hydrogen-bond acceptors (Lipinski definition) is 7. The number of aliphatic hydroxyl groups is 1. The molecule has 10 heteroatoms. The second kappa shape index (κ2) is 10.5. The summed E-state index contributed by atoms with van der Waals surface area (Å²) >= 11 is 0. The van der Waals surface area contributed by atoms with Crippen molar-refractivity contribution in [2.75, 3.05) is 26.4 Å². The van der Waals surface area contributed by atoms with Gasteiger partial charge in [-0.15, -0.1) is 0 Å². The van der Waals surface area contributed by atoms with Crippen molar-refractivity contribution in [1.82, 2.24) is 24.1 Å². The first-order valence-corrected chi connectivity index (χ1v) is 13.1. The van der Waals surface area contributed by atoms with Crippen molar-refractivity contribution in [3.05, 3.63) is 77.5 Å². The Labute approximate surface area is 225 Å². The Bertz CT molecular complexity index is 1670. The maximum absolute atomic E-state index is 12.7. The number of hydrogen-bond donors (Lipinski definition) is 2. The van der Waals surface area contributed by atoms with E-state index in [0.717, 1.165) is 46.4 Å². The average Bonchev–Trinajstić information content (AvgIpc) is 3.60. The summed E-state index contributed by atoms with van der Waals surface area (Å²) in [6, 6.07) is 15.5. The lowest BCUT2D eigenvalue weighted by Crippen LogP contribution is -2.15. The summed E-state index contributed by atoms with van der Waals surface area (Å²) in [5, 5.41) is 14.9. The summed E-state index contributed by atoms with van der Waals surface area (Å²) < 4.78 is 14.7. The summed E-state index contributed by atoms with van der Waals surface area (Å²) in [6.45, 7) is 3.44. The molecule has 0 bridgehead atoms. The molecule has 10 nitrogen and oxygen atoms in total. The third-order valence-electron chi connectivity index (χ3n) is 6.85. The van der Waals surface area contributed by atoms with E-state index in [0.29, 0.717) is 48.5 Å². The minimum atomic E-state index is -0.565. The second-order valence-electron chi connectivity index (χ2n) is 9.74. The highest BCUT2D eigenvalue weighted by molar-refractivity contribution is 6.04. The molecule has 0 aliphatic heterocycles. The first kappa shape index (κ1) is 25.0. The highest BCUT2D eigenvalue weighted by Gasteiger charge is 2.32. The number of pyridine rings is 2. The van der Waals surface area contributed by atoms with Crippen molar-refractivity contribution in [2.45, 2.75) is 32.2 Å². The Morgan fingerprint density at radius 1 is 1.10 bits per heavy atom. The zero-order valence-electron chi connectivity index (χ0n) is 21.7. The molecule has 1 aliphatic carbocycles. The molecule has 1 aliphatic rings. The molecule has 3 N–H and O–H groups in total. The second-order valence-corrected chi connectivity index (χ2v) is 9.74. The molecule has 4 heterocycles. The van der Waals surface area contributed by atoms with Crippen LogP contribution in [0.15, 0.2) is 54.7 Å². The first-order chi connectivity index (χ1) is 19.0. The van der Waals surface area contributed by atoms with E-state index in [4.69, 9.17) is 30.4 Å². The van der Waals surface area contributed by atoms with Crippen LogP contribution in [-0.2, 0) is 11.3 Å². The molecule has 5 aromatic rings. The van der Waals surface area contributed by atoms with Gasteiger partial charge in [-0.1, -0.05) is 18.2 Å². The Hall–Kier alpha value is -4.28. The monoisotopic (exact) mass is 526 g/mol. The normalized spacial score (nSPS) is 13.4. The van der Waals surface area contributed by atoms with Crippen LogP contribution < -0.4 is 10.5 Å². The summed E-state index contributed by atoms with van der Waals surface area (Å²) in [7, 11) is 0. The van der Waals surface area contributed by atoms with Gasteiger partial charge in [0.2, 0.25) is 0 Å². The van der Waals surface area contributed by atoms with E-state index in [9.17, 15) is 4.79 Å². The molecule has 1 aromatic carbocycles. The number of nitrogens with zero attached hydrogens (tertiary/aromatic N) is 5. The molecule has 0 radical (unpaired) electrons. The fourth-order valence-electron chi connectivity index (χ4n) is 4.98. The number of benzene rings is 1. The SMILES string of the molecule is Cc1cccc(Cn2nc(C3CC3)c3c(-c4nc5cc(OCCOCCO)ccn5c4C(N)=O)cccc32)n1. The first-order valence-electron chi connectivity index (χ1n) is 13.1. The van der Waals surface area contributed by atoms with Crippen LogP contribution in [0.4, 0.5) is 0 Å². The number of carbonyl (C=O) groups excluding carboxylic acids is 1. The number of aliphatic hydroxyl groups excluding tert-OH is 1. The zero-order chi connectivity index (χ0) is 26.9. The maximum Gasteiger partial charge on any atom is 0.268 e. The van der Waals surface area contributed by atoms with Gasteiger partial charge in [0.25, 0.3) is 5.91 Å². The molecule has 1 fully saturated rings. The third-order valence-corrected chi connectivity index (χ3v) is 6.85. The van der Waals surface area contributed by atoms with Crippen LogP contribution in [0.1, 0.15) is 46.3 Å². The minimum absolute atomic E-state index is 0.0321. The number of imidazole rings is 1. The molecule has 0 unspecified atom stereocenters. The predicted octanol–water partition coefficient (Wildman–Crippen LogP) is 3.47. The van der Waals surface area contributed by atoms with Crippen molar-refractivity contribution in [2.24, 2.45) is 5.73 Å². The molecule has 39 heavy (non-hydrogen) atoms. The molecule has 1 saturated carbocycles. The van der Waals surface area contributed by atoms with Crippen LogP contribution in [0.5, 0.6) is 5.75 Å². The van der Waals surface area contributed by atoms with Gasteiger partial charge in [0.05, 0.1) is 43.3 Å². The summed E-state index contributed by atoms with van der Waals surface area (Å²) in [5.41, 5.74) is 12.0. The lowest BCUT2D eigenvalue weighted by molar-refractivity contribution is 0.0705. The average molecular weight is 527 g/mol. The highest BCUT2D eigenvalue weighted by atomic mass is 16.5. The Kier molecular flexibility index (Phi) is 6.72. The fourth-order valence-corrected chi connectivity index (χ4v) is 4.98. The lowest BCUT2D eigenvalue weighted by Gasteiger charge is -2.07. The quantitative estimate of drug-likeness (QED) is 0.252. The topological polar surface area (TPSA) is 130 Å². The summed E-state index contributed by atoms with van der Waals surface area (Å²) in [6.07, 6.45) is 3.91. The van der Waals surface area contributed by atoms with Crippen molar-refractivity contribution in [1.29, 1.82) is 0 Å². The fraction of sp³-hybridized carbons (Fsp3) is 0.310. The molecule has 200 valence electrons. The highest BCUT2D eigenvalue weighted by Crippen LogP contribution is 2.45. The number of nitrogens with two attached hydrogens (primary N) is 1. The number of ether oxygens (including phenoxy) is 2. The van der Waals surface area contributed by atoms with Gasteiger partial charge in [0.1, 0.15) is 29.4 Å². The molecular weight excluding hydrogens is 496 g/mol. The van der Waals surface area contributed by atoms with E-state index >= 15 is 0 Å². The summed E-state index contributed by atoms with van der Waals surface area (Å²) in [5.74, 6) is 0.408. The van der Waals surface area contributed by atoms with Gasteiger partial charge in [0.15, 0.2) is 0 Å². The van der Waals surface area contributed by atoms with E-state index in [1.54, 1.807) is 22.7 Å². The van der Waals surface area contributed by atoms with E-state index in [-0.39, 0.29) is 13.2 Å². The zero-order valence-corrected chi connectivity index (χ0v) is 21.7. The van der Waals surface area contributed by atoms with E-state index in [2.05, 4.69) is 11.1 Å². The largest absolute Gasteiger partial charge is 0.491 e. The standard InChI is InChI=1S/C29H30N6O4/c1-18-4-2-5-20(31-18)17-35-23-7-3-6-22(25(23)26(33-35)19-8-9-19)27-28(29(30)37)34-11-10-21(16-24(34)32-27)39-15-14-38-13-12-36/h2-7,10-11,16,19,36H,8-9,12-15,17H2,1H3,(H2,30,37). The van der Waals surface area contributed by atoms with Crippen LogP contribution in [0.3, 0.4) is 0 Å². The number of amides is 1. The minimum Gasteiger partial charge on any atom is -0.491 e. The smallest absolute Gasteiger partial charge is 0.268 e. The van der Waals surface area contributed by atoms with Crippen LogP contribution in [-0.4, -0.2) is 61.6 Å². The van der Waals surface area contributed by atoms with Crippen LogP contribution >= 0.6 is 0 Å².